The quantitative estimate of drug-likeness (QED) is 0.413. The van der Waals surface area contributed by atoms with Crippen molar-refractivity contribution in [3.05, 3.63) is 0 Å². The maximum atomic E-state index is 12.1. The van der Waals surface area contributed by atoms with Crippen LogP contribution in [0.15, 0.2) is 0 Å². The molecule has 0 saturated heterocycles. The Hall–Kier alpha value is 1.14. The molecule has 60 valence electrons. The number of rotatable bonds is 0. The Labute approximate surface area is 90.0 Å². The Kier molecular flexibility index (Phi) is 2.17. The van der Waals surface area contributed by atoms with Gasteiger partial charge in [-0.05, 0) is 0 Å². The van der Waals surface area contributed by atoms with Gasteiger partial charge in [-0.15, -0.1) is 0 Å². The minimum atomic E-state index is -3.91. The monoisotopic (exact) mass is 326 g/mol. The van der Waals surface area contributed by atoms with Gasteiger partial charge in [-0.25, -0.2) is 0 Å². The molecule has 0 heterocycles. The molecule has 5 heteroatoms. The van der Waals surface area contributed by atoms with Crippen molar-refractivity contribution in [3.8, 4) is 0 Å². The summed E-state index contributed by atoms with van der Waals surface area (Å²) in [6.07, 6.45) is -2.60. The van der Waals surface area contributed by atoms with Gasteiger partial charge in [0.2, 0.25) is 0 Å². The van der Waals surface area contributed by atoms with Gasteiger partial charge < -0.3 is 24.0 Å². The molecule has 0 spiro atoms. The maximum absolute atomic E-state index is 12.1. The third-order valence-corrected chi connectivity index (χ3v) is 4.32. The Morgan fingerprint density at radius 3 is 1.55 bits per heavy atom. The van der Waals surface area contributed by atoms with E-state index in [1.807, 2.05) is 0 Å². The van der Waals surface area contributed by atoms with E-state index in [0.29, 0.717) is 19.3 Å². The normalized spacial score (nSPS) is 47.0. The van der Waals surface area contributed by atoms with Crippen molar-refractivity contribution in [2.75, 3.05) is 0 Å². The van der Waals surface area contributed by atoms with Gasteiger partial charge in [0, 0.05) is 0 Å². The SMILES string of the molecule is FC(F)(F)C12C[C]([Zn+])(C1)C2.[I-]. The molecule has 0 unspecified atom stereocenters. The summed E-state index contributed by atoms with van der Waals surface area (Å²) in [5.74, 6) is 0. The third-order valence-electron chi connectivity index (χ3n) is 2.74. The Bertz CT molecular complexity index is 169. The van der Waals surface area contributed by atoms with E-state index in [2.05, 4.69) is 0 Å². The van der Waals surface area contributed by atoms with Crippen molar-refractivity contribution in [3.63, 3.8) is 0 Å². The second-order valence-electron chi connectivity index (χ2n) is 3.81. The standard InChI is InChI=1S/C6H6F3.HI.Zn/c7-6(8,9)5-1-4(2-5)3-5;;/h1-3H2;1H;/q;;+1/p-1. The van der Waals surface area contributed by atoms with Gasteiger partial charge in [0.05, 0.1) is 0 Å². The first-order valence-electron chi connectivity index (χ1n) is 3.29. The van der Waals surface area contributed by atoms with Crippen LogP contribution in [0.5, 0.6) is 0 Å². The number of alkyl halides is 3. The van der Waals surface area contributed by atoms with Crippen molar-refractivity contribution < 1.29 is 55.5 Å². The van der Waals surface area contributed by atoms with Gasteiger partial charge in [-0.2, -0.15) is 0 Å². The Morgan fingerprint density at radius 2 is 1.45 bits per heavy atom. The summed E-state index contributed by atoms with van der Waals surface area (Å²) >= 11 is 1.05. The summed E-state index contributed by atoms with van der Waals surface area (Å²) in [6, 6.07) is 0. The molecule has 0 aromatic carbocycles. The molecular formula is C6H6F3IZn. The molecule has 0 radical (unpaired) electrons. The molecule has 0 N–H and O–H groups in total. The van der Waals surface area contributed by atoms with E-state index >= 15 is 0 Å². The summed E-state index contributed by atoms with van der Waals surface area (Å²) in [6.45, 7) is 0. The van der Waals surface area contributed by atoms with Crippen molar-refractivity contribution in [2.45, 2.75) is 29.4 Å². The van der Waals surface area contributed by atoms with Gasteiger partial charge in [-0.3, -0.25) is 0 Å². The first-order chi connectivity index (χ1) is 4.37. The Balaban J connectivity index is 0.000000605. The molecule has 0 aliphatic heterocycles. The minimum Gasteiger partial charge on any atom is -1.00 e. The van der Waals surface area contributed by atoms with E-state index < -0.39 is 11.6 Å². The summed E-state index contributed by atoms with van der Waals surface area (Å²) in [7, 11) is 0. The van der Waals surface area contributed by atoms with E-state index in [-0.39, 0.29) is 28.0 Å². The predicted octanol–water partition coefficient (Wildman–Crippen LogP) is -0.558. The second kappa shape index (κ2) is 2.34. The molecular weight excluding hydrogens is 321 g/mol. The van der Waals surface area contributed by atoms with Crippen LogP contribution in [0.4, 0.5) is 13.2 Å². The van der Waals surface area contributed by atoms with Crippen LogP contribution in [0.25, 0.3) is 0 Å². The number of halogens is 4. The number of hydrogen-bond acceptors (Lipinski definition) is 0. The van der Waals surface area contributed by atoms with Gasteiger partial charge in [-0.1, -0.05) is 0 Å². The van der Waals surface area contributed by atoms with Crippen LogP contribution in [-0.4, -0.2) is 6.18 Å². The summed E-state index contributed by atoms with van der Waals surface area (Å²) in [4.78, 5) is 0. The van der Waals surface area contributed by atoms with E-state index in [0.717, 1.165) is 18.3 Å². The largest absolute Gasteiger partial charge is 1.00 e. The average Bonchev–Trinajstić information content (AvgIpc) is 1.51. The summed E-state index contributed by atoms with van der Waals surface area (Å²) in [5, 5.41) is 0. The molecule has 3 aliphatic rings. The van der Waals surface area contributed by atoms with Gasteiger partial charge >= 0.3 is 66.3 Å². The molecule has 3 rings (SSSR count). The van der Waals surface area contributed by atoms with Crippen LogP contribution in [0.2, 0.25) is 4.01 Å². The van der Waals surface area contributed by atoms with Gasteiger partial charge in [0.25, 0.3) is 0 Å². The van der Waals surface area contributed by atoms with E-state index in [1.165, 1.54) is 0 Å². The molecule has 3 aliphatic carbocycles. The van der Waals surface area contributed by atoms with Crippen LogP contribution >= 0.6 is 0 Å². The predicted molar refractivity (Wildman–Crippen MR) is 25.0 cm³/mol. The first kappa shape index (κ1) is 10.2. The molecule has 0 amide bonds. The van der Waals surface area contributed by atoms with E-state index in [1.54, 1.807) is 0 Å². The fraction of sp³-hybridized carbons (Fsp3) is 1.00. The molecule has 3 saturated carbocycles. The van der Waals surface area contributed by atoms with Crippen LogP contribution < -0.4 is 24.0 Å². The van der Waals surface area contributed by atoms with Crippen molar-refractivity contribution in [1.82, 2.24) is 0 Å². The molecule has 0 aromatic rings. The van der Waals surface area contributed by atoms with Crippen LogP contribution in [0, 0.1) is 5.41 Å². The van der Waals surface area contributed by atoms with E-state index in [4.69, 9.17) is 0 Å². The first-order valence-corrected chi connectivity index (χ1v) is 4.78. The van der Waals surface area contributed by atoms with Gasteiger partial charge in [0.1, 0.15) is 0 Å². The Morgan fingerprint density at radius 1 is 1.09 bits per heavy atom. The van der Waals surface area contributed by atoms with Crippen molar-refractivity contribution in [2.24, 2.45) is 5.41 Å². The number of hydrogen-bond donors (Lipinski definition) is 0. The fourth-order valence-electron chi connectivity index (χ4n) is 2.30. The third kappa shape index (κ3) is 1.18. The molecule has 11 heavy (non-hydrogen) atoms. The molecule has 3 fully saturated rings. The second-order valence-corrected chi connectivity index (χ2v) is 6.96. The summed E-state index contributed by atoms with van der Waals surface area (Å²) in [5.41, 5.74) is -1.20. The van der Waals surface area contributed by atoms with Crippen molar-refractivity contribution in [1.29, 1.82) is 0 Å². The average molecular weight is 327 g/mol. The molecule has 0 aromatic heterocycles. The molecule has 0 atom stereocenters. The van der Waals surface area contributed by atoms with Crippen LogP contribution in [0.1, 0.15) is 19.3 Å². The van der Waals surface area contributed by atoms with Crippen LogP contribution in [0.3, 0.4) is 0 Å². The zero-order chi connectivity index (χ0) is 7.62. The smallest absolute Gasteiger partial charge is 1.00 e. The van der Waals surface area contributed by atoms with E-state index in [9.17, 15) is 13.2 Å². The van der Waals surface area contributed by atoms with Gasteiger partial charge in [0.15, 0.2) is 0 Å². The summed E-state index contributed by atoms with van der Waals surface area (Å²) < 4.78 is 36.5. The zero-order valence-corrected chi connectivity index (χ0v) is 11.0. The van der Waals surface area contributed by atoms with Crippen LogP contribution in [-0.2, 0) is 18.3 Å². The maximum Gasteiger partial charge on any atom is -1.00 e. The molecule has 0 nitrogen and oxygen atoms in total. The van der Waals surface area contributed by atoms with Crippen molar-refractivity contribution >= 4 is 0 Å². The fourth-order valence-corrected chi connectivity index (χ4v) is 5.31. The minimum absolute atomic E-state index is 0. The zero-order valence-electron chi connectivity index (χ0n) is 5.84. The molecule has 2 bridgehead atoms. The topological polar surface area (TPSA) is 0 Å².